The summed E-state index contributed by atoms with van der Waals surface area (Å²) < 4.78 is 5.52. The van der Waals surface area contributed by atoms with Crippen molar-refractivity contribution in [2.24, 2.45) is 4.99 Å². The van der Waals surface area contributed by atoms with E-state index >= 15 is 0 Å². The number of carbonyl (C=O) groups excluding carboxylic acids is 1. The van der Waals surface area contributed by atoms with Crippen molar-refractivity contribution < 1.29 is 9.53 Å². The molecule has 0 aliphatic carbocycles. The molecule has 1 unspecified atom stereocenters. The summed E-state index contributed by atoms with van der Waals surface area (Å²) in [5.41, 5.74) is 1.13. The van der Waals surface area contributed by atoms with Crippen molar-refractivity contribution in [3.8, 4) is 0 Å². The second-order valence-electron chi connectivity index (χ2n) is 6.78. The molecule has 3 rings (SSSR count). The Balaban J connectivity index is 1.44. The van der Waals surface area contributed by atoms with Crippen LogP contribution in [0.1, 0.15) is 28.4 Å². The summed E-state index contributed by atoms with van der Waals surface area (Å²) in [5.74, 6) is 1.06. The van der Waals surface area contributed by atoms with Gasteiger partial charge in [0.05, 0.1) is 10.7 Å². The average molecular weight is 380 g/mol. The number of hydrogen-bond acceptors (Lipinski definition) is 5. The number of hydrogen-bond donors (Lipinski definition) is 1. The summed E-state index contributed by atoms with van der Waals surface area (Å²) in [6.07, 6.45) is 2.59. The number of nitrogens with zero attached hydrogens (tertiary/aromatic N) is 4. The molecular formula is C18H29N5O2S. The Morgan fingerprint density at radius 1 is 1.31 bits per heavy atom. The van der Waals surface area contributed by atoms with Gasteiger partial charge in [0.2, 0.25) is 0 Å². The van der Waals surface area contributed by atoms with Gasteiger partial charge in [-0.15, -0.1) is 11.3 Å². The van der Waals surface area contributed by atoms with Gasteiger partial charge in [-0.1, -0.05) is 0 Å². The lowest BCUT2D eigenvalue weighted by Gasteiger charge is -2.37. The zero-order chi connectivity index (χ0) is 18.5. The van der Waals surface area contributed by atoms with E-state index in [1.54, 1.807) is 11.3 Å². The standard InChI is InChI=1S/C18H29N5O2S/c1-13-16(26-14(2)21-13)6-7-20-18(19-3)23-10-8-22(9-11-23)17(24)15-5-4-12-25-15/h15H,4-12H2,1-3H3,(H,19,20). The lowest BCUT2D eigenvalue weighted by atomic mass is 10.2. The number of amides is 1. The predicted molar refractivity (Wildman–Crippen MR) is 104 cm³/mol. The van der Waals surface area contributed by atoms with Crippen molar-refractivity contribution >= 4 is 23.2 Å². The van der Waals surface area contributed by atoms with E-state index in [1.165, 1.54) is 4.88 Å². The largest absolute Gasteiger partial charge is 0.368 e. The number of guanidine groups is 1. The van der Waals surface area contributed by atoms with Crippen LogP contribution in [0.25, 0.3) is 0 Å². The summed E-state index contributed by atoms with van der Waals surface area (Å²) in [7, 11) is 1.81. The van der Waals surface area contributed by atoms with Crippen LogP contribution in [0.15, 0.2) is 4.99 Å². The van der Waals surface area contributed by atoms with Crippen LogP contribution in [0, 0.1) is 13.8 Å². The zero-order valence-corrected chi connectivity index (χ0v) is 16.8. The molecule has 2 aliphatic heterocycles. The van der Waals surface area contributed by atoms with Crippen LogP contribution in [0.2, 0.25) is 0 Å². The quantitative estimate of drug-likeness (QED) is 0.629. The third kappa shape index (κ3) is 4.54. The molecule has 3 heterocycles. The van der Waals surface area contributed by atoms with Crippen LogP contribution in [0.5, 0.6) is 0 Å². The van der Waals surface area contributed by atoms with Crippen LogP contribution in [0.4, 0.5) is 0 Å². The highest BCUT2D eigenvalue weighted by molar-refractivity contribution is 7.11. The lowest BCUT2D eigenvalue weighted by molar-refractivity contribution is -0.142. The van der Waals surface area contributed by atoms with Gasteiger partial charge in [0.1, 0.15) is 6.10 Å². The van der Waals surface area contributed by atoms with Crippen LogP contribution in [0.3, 0.4) is 0 Å². The smallest absolute Gasteiger partial charge is 0.251 e. The maximum absolute atomic E-state index is 12.4. The number of aryl methyl sites for hydroxylation is 2. The highest BCUT2D eigenvalue weighted by Gasteiger charge is 2.30. The fourth-order valence-corrected chi connectivity index (χ4v) is 4.48. The molecule has 7 nitrogen and oxygen atoms in total. The monoisotopic (exact) mass is 379 g/mol. The van der Waals surface area contributed by atoms with Crippen molar-refractivity contribution in [3.05, 3.63) is 15.6 Å². The highest BCUT2D eigenvalue weighted by Crippen LogP contribution is 2.18. The van der Waals surface area contributed by atoms with Crippen LogP contribution in [-0.2, 0) is 16.0 Å². The summed E-state index contributed by atoms with van der Waals surface area (Å²) >= 11 is 1.76. The molecule has 2 aliphatic rings. The zero-order valence-electron chi connectivity index (χ0n) is 16.0. The maximum Gasteiger partial charge on any atom is 0.251 e. The minimum Gasteiger partial charge on any atom is -0.368 e. The SMILES string of the molecule is CN=C(NCCc1sc(C)nc1C)N1CCN(C(=O)C2CCCO2)CC1. The van der Waals surface area contributed by atoms with Gasteiger partial charge < -0.3 is 19.9 Å². The van der Waals surface area contributed by atoms with Gasteiger partial charge in [0.25, 0.3) is 5.91 Å². The van der Waals surface area contributed by atoms with Crippen LogP contribution < -0.4 is 5.32 Å². The molecule has 2 saturated heterocycles. The molecule has 0 spiro atoms. The summed E-state index contributed by atoms with van der Waals surface area (Å²) in [6, 6.07) is 0. The molecule has 1 atom stereocenters. The third-order valence-corrected chi connectivity index (χ3v) is 6.08. The Morgan fingerprint density at radius 3 is 2.62 bits per heavy atom. The number of piperazine rings is 1. The molecule has 1 amide bonds. The second kappa shape index (κ2) is 8.81. The van der Waals surface area contributed by atoms with Crippen molar-refractivity contribution in [2.45, 2.75) is 39.2 Å². The normalized spacial score (nSPS) is 21.3. The first-order valence-electron chi connectivity index (χ1n) is 9.37. The van der Waals surface area contributed by atoms with Crippen molar-refractivity contribution in [2.75, 3.05) is 46.4 Å². The molecule has 26 heavy (non-hydrogen) atoms. The first-order valence-corrected chi connectivity index (χ1v) is 10.2. The van der Waals surface area contributed by atoms with E-state index < -0.39 is 0 Å². The van der Waals surface area contributed by atoms with Crippen LogP contribution in [-0.4, -0.2) is 79.1 Å². The number of aliphatic imine (C=N–C) groups is 1. The van der Waals surface area contributed by atoms with Gasteiger partial charge in [0, 0.05) is 57.7 Å². The molecule has 1 aromatic rings. The minimum absolute atomic E-state index is 0.154. The Hall–Kier alpha value is -1.67. The van der Waals surface area contributed by atoms with Crippen molar-refractivity contribution in [3.63, 3.8) is 0 Å². The number of rotatable bonds is 4. The van der Waals surface area contributed by atoms with Gasteiger partial charge in [-0.3, -0.25) is 9.79 Å². The van der Waals surface area contributed by atoms with Crippen molar-refractivity contribution in [1.82, 2.24) is 20.1 Å². The van der Waals surface area contributed by atoms with Gasteiger partial charge in [0.15, 0.2) is 5.96 Å². The predicted octanol–water partition coefficient (Wildman–Crippen LogP) is 1.20. The van der Waals surface area contributed by atoms with E-state index in [2.05, 4.69) is 27.1 Å². The fraction of sp³-hybridized carbons (Fsp3) is 0.722. The number of carbonyl (C=O) groups is 1. The number of thiazole rings is 1. The second-order valence-corrected chi connectivity index (χ2v) is 8.07. The van der Waals surface area contributed by atoms with E-state index in [-0.39, 0.29) is 12.0 Å². The molecule has 8 heteroatoms. The summed E-state index contributed by atoms with van der Waals surface area (Å²) in [4.78, 5) is 26.8. The molecule has 0 saturated carbocycles. The summed E-state index contributed by atoms with van der Waals surface area (Å²) in [6.45, 7) is 8.73. The van der Waals surface area contributed by atoms with Gasteiger partial charge in [-0.05, 0) is 26.7 Å². The minimum atomic E-state index is -0.218. The topological polar surface area (TPSA) is 70.1 Å². The molecule has 0 aromatic carbocycles. The third-order valence-electron chi connectivity index (χ3n) is 4.94. The molecule has 0 radical (unpaired) electrons. The molecular weight excluding hydrogens is 350 g/mol. The number of nitrogens with one attached hydrogen (secondary N) is 1. The summed E-state index contributed by atoms with van der Waals surface area (Å²) in [5, 5.41) is 4.57. The molecule has 0 bridgehead atoms. The Bertz CT molecular complexity index is 646. The molecule has 144 valence electrons. The Morgan fingerprint density at radius 2 is 2.04 bits per heavy atom. The van der Waals surface area contributed by atoms with Gasteiger partial charge in [-0.25, -0.2) is 4.98 Å². The van der Waals surface area contributed by atoms with Gasteiger partial charge >= 0.3 is 0 Å². The number of ether oxygens (including phenoxy) is 1. The van der Waals surface area contributed by atoms with E-state index in [0.717, 1.165) is 68.6 Å². The Kier molecular flexibility index (Phi) is 6.48. The molecule has 2 fully saturated rings. The Labute approximate surface area is 159 Å². The number of aromatic nitrogens is 1. The van der Waals surface area contributed by atoms with E-state index in [1.807, 2.05) is 18.9 Å². The van der Waals surface area contributed by atoms with E-state index in [9.17, 15) is 4.79 Å². The van der Waals surface area contributed by atoms with E-state index in [0.29, 0.717) is 6.61 Å². The van der Waals surface area contributed by atoms with Gasteiger partial charge in [-0.2, -0.15) is 0 Å². The fourth-order valence-electron chi connectivity index (χ4n) is 3.54. The van der Waals surface area contributed by atoms with E-state index in [4.69, 9.17) is 4.74 Å². The first kappa shape index (κ1) is 19.1. The lowest BCUT2D eigenvalue weighted by Crippen LogP contribution is -2.55. The highest BCUT2D eigenvalue weighted by atomic mass is 32.1. The van der Waals surface area contributed by atoms with Crippen molar-refractivity contribution in [1.29, 1.82) is 0 Å². The van der Waals surface area contributed by atoms with Crippen LogP contribution >= 0.6 is 11.3 Å². The molecule has 1 aromatic heterocycles. The average Bonchev–Trinajstić information content (AvgIpc) is 3.28. The first-order chi connectivity index (χ1) is 12.6. The maximum atomic E-state index is 12.4. The molecule has 1 N–H and O–H groups in total.